The Bertz CT molecular complexity index is 506. The Labute approximate surface area is 124 Å². The molecule has 106 valence electrons. The van der Waals surface area contributed by atoms with Gasteiger partial charge >= 0.3 is 0 Å². The smallest absolute Gasteiger partial charge is 0.238 e. The van der Waals surface area contributed by atoms with Gasteiger partial charge in [0.25, 0.3) is 0 Å². The van der Waals surface area contributed by atoms with E-state index in [4.69, 9.17) is 16.9 Å². The summed E-state index contributed by atoms with van der Waals surface area (Å²) in [6.07, 6.45) is 4.52. The number of halogens is 1. The Morgan fingerprint density at radius 2 is 2.20 bits per heavy atom. The van der Waals surface area contributed by atoms with Crippen molar-refractivity contribution in [3.63, 3.8) is 0 Å². The molecule has 0 radical (unpaired) electrons. The normalized spacial score (nSPS) is 15.2. The quantitative estimate of drug-likeness (QED) is 0.848. The number of rotatable bonds is 5. The van der Waals surface area contributed by atoms with Crippen LogP contribution in [0.1, 0.15) is 25.7 Å². The van der Waals surface area contributed by atoms with Gasteiger partial charge in [-0.1, -0.05) is 30.5 Å². The molecule has 2 rings (SSSR count). The molecule has 1 aliphatic carbocycles. The number of carbonyl (C=O) groups is 1. The van der Waals surface area contributed by atoms with Crippen LogP contribution in [-0.4, -0.2) is 29.9 Å². The third-order valence-corrected chi connectivity index (χ3v) is 3.81. The largest absolute Gasteiger partial charge is 0.325 e. The van der Waals surface area contributed by atoms with Gasteiger partial charge in [-0.3, -0.25) is 9.69 Å². The second-order valence-corrected chi connectivity index (χ2v) is 5.50. The molecule has 0 aromatic heterocycles. The first kappa shape index (κ1) is 14.8. The Hall–Kier alpha value is -1.57. The zero-order valence-electron chi connectivity index (χ0n) is 11.3. The Morgan fingerprint density at radius 1 is 1.45 bits per heavy atom. The van der Waals surface area contributed by atoms with E-state index in [-0.39, 0.29) is 12.5 Å². The lowest BCUT2D eigenvalue weighted by Gasteiger charge is -2.25. The molecule has 0 aliphatic heterocycles. The molecule has 1 N–H and O–H groups in total. The highest BCUT2D eigenvalue weighted by molar-refractivity contribution is 6.30. The fourth-order valence-corrected chi connectivity index (χ4v) is 2.82. The Balaban J connectivity index is 1.92. The second-order valence-electron chi connectivity index (χ2n) is 5.06. The third-order valence-electron chi connectivity index (χ3n) is 3.57. The minimum Gasteiger partial charge on any atom is -0.325 e. The highest BCUT2D eigenvalue weighted by Gasteiger charge is 2.24. The molecule has 1 aromatic rings. The molecule has 0 bridgehead atoms. The van der Waals surface area contributed by atoms with Crippen LogP contribution in [-0.2, 0) is 4.79 Å². The van der Waals surface area contributed by atoms with Gasteiger partial charge in [-0.15, -0.1) is 0 Å². The summed E-state index contributed by atoms with van der Waals surface area (Å²) in [5, 5.41) is 12.3. The van der Waals surface area contributed by atoms with Gasteiger partial charge in [0.15, 0.2) is 0 Å². The van der Waals surface area contributed by atoms with E-state index in [0.717, 1.165) is 12.8 Å². The van der Waals surface area contributed by atoms with E-state index in [0.29, 0.717) is 23.3 Å². The summed E-state index contributed by atoms with van der Waals surface area (Å²) < 4.78 is 0. The fraction of sp³-hybridized carbons (Fsp3) is 0.467. The number of carbonyl (C=O) groups excluding carboxylic acids is 1. The van der Waals surface area contributed by atoms with Crippen LogP contribution in [0.15, 0.2) is 24.3 Å². The van der Waals surface area contributed by atoms with Crippen LogP contribution >= 0.6 is 11.6 Å². The molecule has 0 heterocycles. The van der Waals surface area contributed by atoms with E-state index in [1.54, 1.807) is 24.3 Å². The SMILES string of the molecule is N#CCN(CC(=O)Nc1cccc(Cl)c1)C1CCCC1. The molecule has 1 saturated carbocycles. The summed E-state index contributed by atoms with van der Waals surface area (Å²) >= 11 is 5.88. The van der Waals surface area contributed by atoms with Gasteiger partial charge in [0.2, 0.25) is 5.91 Å². The average molecular weight is 292 g/mol. The van der Waals surface area contributed by atoms with Crippen LogP contribution in [0.4, 0.5) is 5.69 Å². The van der Waals surface area contributed by atoms with E-state index in [1.165, 1.54) is 12.8 Å². The first-order valence-electron chi connectivity index (χ1n) is 6.85. The number of anilines is 1. The molecule has 20 heavy (non-hydrogen) atoms. The summed E-state index contributed by atoms with van der Waals surface area (Å²) in [7, 11) is 0. The van der Waals surface area contributed by atoms with Crippen molar-refractivity contribution in [1.82, 2.24) is 4.90 Å². The third kappa shape index (κ3) is 4.22. The first-order chi connectivity index (χ1) is 9.69. The predicted molar refractivity (Wildman–Crippen MR) is 79.5 cm³/mol. The number of nitriles is 1. The van der Waals surface area contributed by atoms with Crippen LogP contribution in [0.25, 0.3) is 0 Å². The van der Waals surface area contributed by atoms with Crippen molar-refractivity contribution in [2.75, 3.05) is 18.4 Å². The van der Waals surface area contributed by atoms with Crippen LogP contribution in [0.3, 0.4) is 0 Å². The van der Waals surface area contributed by atoms with Crippen LogP contribution in [0.5, 0.6) is 0 Å². The van der Waals surface area contributed by atoms with Gasteiger partial charge in [-0.2, -0.15) is 5.26 Å². The predicted octanol–water partition coefficient (Wildman–Crippen LogP) is 3.05. The van der Waals surface area contributed by atoms with Crippen LogP contribution in [0.2, 0.25) is 5.02 Å². The van der Waals surface area contributed by atoms with Gasteiger partial charge in [0.05, 0.1) is 19.2 Å². The number of nitrogens with one attached hydrogen (secondary N) is 1. The topological polar surface area (TPSA) is 56.1 Å². The maximum atomic E-state index is 12.1. The Morgan fingerprint density at radius 3 is 2.85 bits per heavy atom. The minimum absolute atomic E-state index is 0.102. The van der Waals surface area contributed by atoms with Crippen molar-refractivity contribution in [1.29, 1.82) is 5.26 Å². The fourth-order valence-electron chi connectivity index (χ4n) is 2.63. The summed E-state index contributed by atoms with van der Waals surface area (Å²) in [6, 6.07) is 9.58. The Kier molecular flexibility index (Phi) is 5.40. The molecule has 0 saturated heterocycles. The number of benzene rings is 1. The minimum atomic E-state index is -0.102. The monoisotopic (exact) mass is 291 g/mol. The highest BCUT2D eigenvalue weighted by atomic mass is 35.5. The molecule has 0 spiro atoms. The lowest BCUT2D eigenvalue weighted by Crippen LogP contribution is -2.39. The zero-order chi connectivity index (χ0) is 14.4. The molecule has 1 amide bonds. The van der Waals surface area contributed by atoms with Gasteiger partial charge in [0, 0.05) is 16.8 Å². The van der Waals surface area contributed by atoms with E-state index in [1.807, 2.05) is 4.90 Å². The first-order valence-corrected chi connectivity index (χ1v) is 7.23. The summed E-state index contributed by atoms with van der Waals surface area (Å²) in [6.45, 7) is 0.554. The molecule has 5 heteroatoms. The van der Waals surface area contributed by atoms with E-state index in [9.17, 15) is 4.79 Å². The van der Waals surface area contributed by atoms with E-state index >= 15 is 0 Å². The van der Waals surface area contributed by atoms with Crippen LogP contribution in [0, 0.1) is 11.3 Å². The summed E-state index contributed by atoms with van der Waals surface area (Å²) in [5.41, 5.74) is 0.686. The van der Waals surface area contributed by atoms with Crippen molar-refractivity contribution in [3.05, 3.63) is 29.3 Å². The lowest BCUT2D eigenvalue weighted by atomic mass is 10.2. The summed E-state index contributed by atoms with van der Waals surface area (Å²) in [4.78, 5) is 14.0. The van der Waals surface area contributed by atoms with Crippen molar-refractivity contribution in [2.24, 2.45) is 0 Å². The number of hydrogen-bond donors (Lipinski definition) is 1. The van der Waals surface area contributed by atoms with Gasteiger partial charge < -0.3 is 5.32 Å². The van der Waals surface area contributed by atoms with E-state index in [2.05, 4.69) is 11.4 Å². The maximum Gasteiger partial charge on any atom is 0.238 e. The molecule has 4 nitrogen and oxygen atoms in total. The number of hydrogen-bond acceptors (Lipinski definition) is 3. The van der Waals surface area contributed by atoms with Crippen molar-refractivity contribution in [2.45, 2.75) is 31.7 Å². The zero-order valence-corrected chi connectivity index (χ0v) is 12.1. The molecule has 1 aromatic carbocycles. The van der Waals surface area contributed by atoms with Gasteiger partial charge in [-0.05, 0) is 31.0 Å². The van der Waals surface area contributed by atoms with Gasteiger partial charge in [-0.25, -0.2) is 0 Å². The molecular weight excluding hydrogens is 274 g/mol. The summed E-state index contributed by atoms with van der Waals surface area (Å²) in [5.74, 6) is -0.102. The van der Waals surface area contributed by atoms with E-state index < -0.39 is 0 Å². The number of amides is 1. The maximum absolute atomic E-state index is 12.1. The van der Waals surface area contributed by atoms with Crippen molar-refractivity contribution >= 4 is 23.2 Å². The standard InChI is InChI=1S/C15H18ClN3O/c16-12-4-3-5-13(10-12)18-15(20)11-19(9-8-17)14-6-1-2-7-14/h3-5,10,14H,1-2,6-7,9,11H2,(H,18,20). The lowest BCUT2D eigenvalue weighted by molar-refractivity contribution is -0.117. The van der Waals surface area contributed by atoms with Crippen LogP contribution < -0.4 is 5.32 Å². The van der Waals surface area contributed by atoms with Crippen molar-refractivity contribution < 1.29 is 4.79 Å². The molecule has 0 unspecified atom stereocenters. The van der Waals surface area contributed by atoms with Crippen molar-refractivity contribution in [3.8, 4) is 6.07 Å². The molecular formula is C15H18ClN3O. The second kappa shape index (κ2) is 7.28. The average Bonchev–Trinajstić information content (AvgIpc) is 2.92. The molecule has 1 aliphatic rings. The molecule has 0 atom stereocenters. The highest BCUT2D eigenvalue weighted by Crippen LogP contribution is 2.23. The number of nitrogens with zero attached hydrogens (tertiary/aromatic N) is 2. The molecule has 1 fully saturated rings. The van der Waals surface area contributed by atoms with Gasteiger partial charge in [0.1, 0.15) is 0 Å².